The second kappa shape index (κ2) is 12.9. The number of hydrogen-bond acceptors (Lipinski definition) is 3. The van der Waals surface area contributed by atoms with Gasteiger partial charge in [-0.15, -0.1) is 0 Å². The number of nitrogens with two attached hydrogens (primary N) is 1. The van der Waals surface area contributed by atoms with Gasteiger partial charge in [-0.2, -0.15) is 5.26 Å². The molecule has 0 heterocycles. The molecule has 0 bridgehead atoms. The van der Waals surface area contributed by atoms with E-state index >= 15 is 0 Å². The van der Waals surface area contributed by atoms with E-state index in [1.807, 2.05) is 36.4 Å². The van der Waals surface area contributed by atoms with Gasteiger partial charge in [-0.25, -0.2) is 0 Å². The number of unbranched alkanes of at least 4 members (excludes halogenated alkanes) is 8. The molecular formula is C24H32N2O. The fraction of sp³-hybridized carbons (Fsp3) is 0.458. The van der Waals surface area contributed by atoms with Crippen LogP contribution in [0.2, 0.25) is 0 Å². The van der Waals surface area contributed by atoms with Gasteiger partial charge in [0.25, 0.3) is 0 Å². The number of rotatable bonds is 13. The zero-order valence-electron chi connectivity index (χ0n) is 16.3. The van der Waals surface area contributed by atoms with E-state index in [9.17, 15) is 0 Å². The minimum atomic E-state index is 0.685. The van der Waals surface area contributed by atoms with Crippen molar-refractivity contribution in [1.29, 1.82) is 5.26 Å². The van der Waals surface area contributed by atoms with Crippen LogP contribution in [0.25, 0.3) is 11.1 Å². The van der Waals surface area contributed by atoms with Crippen LogP contribution in [0, 0.1) is 11.3 Å². The van der Waals surface area contributed by atoms with Gasteiger partial charge in [-0.3, -0.25) is 0 Å². The van der Waals surface area contributed by atoms with Crippen molar-refractivity contribution in [2.75, 3.05) is 13.2 Å². The summed E-state index contributed by atoms with van der Waals surface area (Å²) in [6.45, 7) is 1.62. The van der Waals surface area contributed by atoms with Crippen LogP contribution in [-0.2, 0) is 0 Å². The Morgan fingerprint density at radius 3 is 1.67 bits per heavy atom. The number of hydrogen-bond donors (Lipinski definition) is 1. The normalized spacial score (nSPS) is 10.5. The second-order valence-electron chi connectivity index (χ2n) is 7.03. The standard InChI is InChI=1S/C24H32N2O/c25-18-8-6-4-2-1-3-5-7-9-19-27-24-16-14-23(15-17-24)22-12-10-21(20-26)11-13-22/h10-17H,1-9,18-19,25H2. The molecule has 3 nitrogen and oxygen atoms in total. The maximum Gasteiger partial charge on any atom is 0.119 e. The van der Waals surface area contributed by atoms with Gasteiger partial charge in [0.15, 0.2) is 0 Å². The molecule has 0 amide bonds. The first-order valence-corrected chi connectivity index (χ1v) is 10.3. The monoisotopic (exact) mass is 364 g/mol. The quantitative estimate of drug-likeness (QED) is 0.439. The van der Waals surface area contributed by atoms with Gasteiger partial charge in [-0.05, 0) is 54.8 Å². The Morgan fingerprint density at radius 2 is 1.15 bits per heavy atom. The highest BCUT2D eigenvalue weighted by molar-refractivity contribution is 5.64. The van der Waals surface area contributed by atoms with E-state index in [0.717, 1.165) is 36.4 Å². The van der Waals surface area contributed by atoms with Gasteiger partial charge in [-0.1, -0.05) is 69.2 Å². The van der Waals surface area contributed by atoms with Gasteiger partial charge >= 0.3 is 0 Å². The molecule has 0 aromatic heterocycles. The largest absolute Gasteiger partial charge is 0.494 e. The van der Waals surface area contributed by atoms with E-state index < -0.39 is 0 Å². The van der Waals surface area contributed by atoms with Gasteiger partial charge in [0.05, 0.1) is 18.2 Å². The van der Waals surface area contributed by atoms with Crippen LogP contribution in [0.1, 0.15) is 63.4 Å². The molecular weight excluding hydrogens is 332 g/mol. The summed E-state index contributed by atoms with van der Waals surface area (Å²) in [5.41, 5.74) is 8.44. The number of nitriles is 1. The first-order chi connectivity index (χ1) is 13.3. The van der Waals surface area contributed by atoms with Crippen molar-refractivity contribution in [2.45, 2.75) is 57.8 Å². The van der Waals surface area contributed by atoms with Crippen molar-refractivity contribution in [3.63, 3.8) is 0 Å². The highest BCUT2D eigenvalue weighted by atomic mass is 16.5. The lowest BCUT2D eigenvalue weighted by atomic mass is 10.0. The average Bonchev–Trinajstić information content (AvgIpc) is 2.72. The molecule has 0 spiro atoms. The lowest BCUT2D eigenvalue weighted by molar-refractivity contribution is 0.304. The van der Waals surface area contributed by atoms with E-state index in [0.29, 0.717) is 5.56 Å². The van der Waals surface area contributed by atoms with Crippen LogP contribution in [0.5, 0.6) is 5.75 Å². The molecule has 27 heavy (non-hydrogen) atoms. The molecule has 0 saturated carbocycles. The third-order valence-electron chi connectivity index (χ3n) is 4.82. The molecule has 3 heteroatoms. The highest BCUT2D eigenvalue weighted by Gasteiger charge is 2.00. The number of nitrogens with zero attached hydrogens (tertiary/aromatic N) is 1. The van der Waals surface area contributed by atoms with Gasteiger partial charge < -0.3 is 10.5 Å². The number of ether oxygens (including phenoxy) is 1. The van der Waals surface area contributed by atoms with Crippen molar-refractivity contribution in [3.8, 4) is 22.9 Å². The fourth-order valence-corrected chi connectivity index (χ4v) is 3.15. The molecule has 0 atom stereocenters. The molecule has 0 aliphatic carbocycles. The fourth-order valence-electron chi connectivity index (χ4n) is 3.15. The summed E-state index contributed by atoms with van der Waals surface area (Å²) in [7, 11) is 0. The van der Waals surface area contributed by atoms with E-state index in [1.165, 1.54) is 51.4 Å². The molecule has 0 unspecified atom stereocenters. The molecule has 0 saturated heterocycles. The van der Waals surface area contributed by atoms with Crippen molar-refractivity contribution >= 4 is 0 Å². The van der Waals surface area contributed by atoms with Crippen LogP contribution in [-0.4, -0.2) is 13.2 Å². The molecule has 0 aliphatic rings. The predicted molar refractivity (Wildman–Crippen MR) is 113 cm³/mol. The molecule has 0 aliphatic heterocycles. The van der Waals surface area contributed by atoms with E-state index in [1.54, 1.807) is 0 Å². The van der Waals surface area contributed by atoms with Crippen LogP contribution in [0.15, 0.2) is 48.5 Å². The van der Waals surface area contributed by atoms with Crippen molar-refractivity contribution in [2.24, 2.45) is 5.73 Å². The Hall–Kier alpha value is -2.31. The maximum absolute atomic E-state index is 8.87. The smallest absolute Gasteiger partial charge is 0.119 e. The maximum atomic E-state index is 8.87. The second-order valence-corrected chi connectivity index (χ2v) is 7.03. The van der Waals surface area contributed by atoms with Crippen LogP contribution in [0.3, 0.4) is 0 Å². The molecule has 2 rings (SSSR count). The molecule has 2 N–H and O–H groups in total. The van der Waals surface area contributed by atoms with Crippen molar-refractivity contribution in [3.05, 3.63) is 54.1 Å². The Kier molecular flexibility index (Phi) is 10.1. The molecule has 0 fully saturated rings. The average molecular weight is 365 g/mol. The Balaban J connectivity index is 1.57. The SMILES string of the molecule is N#Cc1ccc(-c2ccc(OCCCCCCCCCCCN)cc2)cc1. The summed E-state index contributed by atoms with van der Waals surface area (Å²) in [6, 6.07) is 18.0. The van der Waals surface area contributed by atoms with E-state index in [4.69, 9.17) is 15.7 Å². The lowest BCUT2D eigenvalue weighted by Gasteiger charge is -2.08. The van der Waals surface area contributed by atoms with E-state index in [2.05, 4.69) is 18.2 Å². The minimum Gasteiger partial charge on any atom is -0.494 e. The Bertz CT molecular complexity index is 671. The minimum absolute atomic E-state index is 0.685. The number of benzene rings is 2. The summed E-state index contributed by atoms with van der Waals surface area (Å²) < 4.78 is 5.85. The molecule has 2 aromatic rings. The lowest BCUT2D eigenvalue weighted by Crippen LogP contribution is -1.97. The zero-order valence-corrected chi connectivity index (χ0v) is 16.3. The van der Waals surface area contributed by atoms with Crippen molar-refractivity contribution < 1.29 is 4.74 Å². The summed E-state index contributed by atoms with van der Waals surface area (Å²) in [6.07, 6.45) is 11.5. The summed E-state index contributed by atoms with van der Waals surface area (Å²) in [5.74, 6) is 0.923. The Labute approximate surface area is 164 Å². The predicted octanol–water partition coefficient (Wildman–Crippen LogP) is 6.07. The van der Waals surface area contributed by atoms with Gasteiger partial charge in [0.2, 0.25) is 0 Å². The topological polar surface area (TPSA) is 59.0 Å². The van der Waals surface area contributed by atoms with Crippen LogP contribution in [0.4, 0.5) is 0 Å². The first kappa shape index (κ1) is 21.0. The van der Waals surface area contributed by atoms with Crippen LogP contribution < -0.4 is 10.5 Å². The highest BCUT2D eigenvalue weighted by Crippen LogP contribution is 2.23. The van der Waals surface area contributed by atoms with Gasteiger partial charge in [0, 0.05) is 0 Å². The van der Waals surface area contributed by atoms with Crippen molar-refractivity contribution in [1.82, 2.24) is 0 Å². The van der Waals surface area contributed by atoms with Gasteiger partial charge in [0.1, 0.15) is 5.75 Å². The summed E-state index contributed by atoms with van der Waals surface area (Å²) in [4.78, 5) is 0. The Morgan fingerprint density at radius 1 is 0.667 bits per heavy atom. The molecule has 0 radical (unpaired) electrons. The third kappa shape index (κ3) is 8.28. The van der Waals surface area contributed by atoms with E-state index in [-0.39, 0.29) is 0 Å². The summed E-state index contributed by atoms with van der Waals surface area (Å²) >= 11 is 0. The molecule has 2 aromatic carbocycles. The third-order valence-corrected chi connectivity index (χ3v) is 4.82. The summed E-state index contributed by atoms with van der Waals surface area (Å²) in [5, 5.41) is 8.87. The molecule has 144 valence electrons. The van der Waals surface area contributed by atoms with Crippen LogP contribution >= 0.6 is 0 Å². The first-order valence-electron chi connectivity index (χ1n) is 10.3. The zero-order chi connectivity index (χ0) is 19.2.